The highest BCUT2D eigenvalue weighted by Crippen LogP contribution is 2.17. The van der Waals surface area contributed by atoms with E-state index in [2.05, 4.69) is 106 Å². The standard InChI is InChI=1S/C73H128O6/c1-4-7-10-13-16-19-22-25-27-29-30-31-32-33-34-35-36-37-38-39-40-41-42-44-45-48-51-54-57-60-63-66-72(75)78-69-70(68-77-71(74)65-62-59-56-53-50-47-24-21-18-15-12-9-6-3)79-73(76)67-64-61-58-55-52-49-46-43-28-26-23-20-17-14-11-8-5-2/h7,10,16,19,21,24-25,27,30-31,33-34,36-37,70H,4-6,8-9,11-15,17-18,20,22-23,26,28-29,32,35,38-69H2,1-3H3/b10-7-,19-16-,24-21-,27-25-,31-30-,34-33-,37-36-. The fourth-order valence-electron chi connectivity index (χ4n) is 9.80. The van der Waals surface area contributed by atoms with Gasteiger partial charge in [0, 0.05) is 19.3 Å². The summed E-state index contributed by atoms with van der Waals surface area (Å²) in [5, 5.41) is 0. The van der Waals surface area contributed by atoms with Crippen molar-refractivity contribution in [3.63, 3.8) is 0 Å². The van der Waals surface area contributed by atoms with Crippen LogP contribution in [0.25, 0.3) is 0 Å². The molecule has 0 aliphatic carbocycles. The third-order valence-electron chi connectivity index (χ3n) is 14.9. The van der Waals surface area contributed by atoms with Gasteiger partial charge in [-0.2, -0.15) is 0 Å². The van der Waals surface area contributed by atoms with Crippen molar-refractivity contribution < 1.29 is 28.6 Å². The van der Waals surface area contributed by atoms with Crippen LogP contribution in [0.15, 0.2) is 85.1 Å². The van der Waals surface area contributed by atoms with Gasteiger partial charge in [0.1, 0.15) is 13.2 Å². The molecule has 0 aromatic heterocycles. The van der Waals surface area contributed by atoms with Gasteiger partial charge in [0.05, 0.1) is 0 Å². The van der Waals surface area contributed by atoms with Crippen molar-refractivity contribution in [3.8, 4) is 0 Å². The maximum Gasteiger partial charge on any atom is 0.306 e. The molecule has 0 saturated carbocycles. The van der Waals surface area contributed by atoms with Crippen LogP contribution in [0.4, 0.5) is 0 Å². The number of hydrogen-bond donors (Lipinski definition) is 0. The average Bonchev–Trinajstić information content (AvgIpc) is 3.45. The molecule has 0 N–H and O–H groups in total. The van der Waals surface area contributed by atoms with Gasteiger partial charge in [0.2, 0.25) is 0 Å². The molecule has 6 nitrogen and oxygen atoms in total. The maximum absolute atomic E-state index is 12.9. The number of allylic oxidation sites excluding steroid dienone is 14. The fourth-order valence-corrected chi connectivity index (χ4v) is 9.80. The molecule has 1 atom stereocenters. The Morgan fingerprint density at radius 1 is 0.266 bits per heavy atom. The minimum absolute atomic E-state index is 0.0758. The van der Waals surface area contributed by atoms with Gasteiger partial charge < -0.3 is 14.2 Å². The highest BCUT2D eigenvalue weighted by molar-refractivity contribution is 5.71. The molecule has 0 bridgehead atoms. The molecule has 0 rings (SSSR count). The summed E-state index contributed by atoms with van der Waals surface area (Å²) in [4.78, 5) is 38.3. The number of ether oxygens (including phenoxy) is 3. The van der Waals surface area contributed by atoms with Crippen molar-refractivity contribution in [1.82, 2.24) is 0 Å². The monoisotopic (exact) mass is 1100 g/mol. The molecule has 0 aliphatic heterocycles. The van der Waals surface area contributed by atoms with E-state index in [1.165, 1.54) is 199 Å². The SMILES string of the molecule is CC/C=C\C/C=C\C/C=C\C/C=C\C/C=C\C/C=C\CCCCCCCCCCCCCCC(=O)OCC(COC(=O)CCCCCCC/C=C\CCCCCC)OC(=O)CCCCCCCCCCCCCCCCCCC. The first-order valence-corrected chi connectivity index (χ1v) is 34.1. The van der Waals surface area contributed by atoms with Crippen LogP contribution in [0.1, 0.15) is 342 Å². The van der Waals surface area contributed by atoms with Crippen molar-refractivity contribution in [3.05, 3.63) is 85.1 Å². The molecule has 0 heterocycles. The molecule has 0 amide bonds. The quantitative estimate of drug-likeness (QED) is 0.0261. The lowest BCUT2D eigenvalue weighted by Gasteiger charge is -2.18. The summed E-state index contributed by atoms with van der Waals surface area (Å²) >= 11 is 0. The number of esters is 3. The summed E-state index contributed by atoms with van der Waals surface area (Å²) in [6.45, 7) is 6.55. The van der Waals surface area contributed by atoms with E-state index in [0.717, 1.165) is 103 Å². The topological polar surface area (TPSA) is 78.9 Å². The van der Waals surface area contributed by atoms with Crippen LogP contribution in [0.3, 0.4) is 0 Å². The van der Waals surface area contributed by atoms with E-state index in [1.54, 1.807) is 0 Å². The van der Waals surface area contributed by atoms with E-state index in [4.69, 9.17) is 14.2 Å². The van der Waals surface area contributed by atoms with Crippen LogP contribution in [0.2, 0.25) is 0 Å². The Morgan fingerprint density at radius 3 is 0.797 bits per heavy atom. The third kappa shape index (κ3) is 65.3. The van der Waals surface area contributed by atoms with E-state index in [-0.39, 0.29) is 31.1 Å². The second-order valence-electron chi connectivity index (χ2n) is 22.7. The summed E-state index contributed by atoms with van der Waals surface area (Å²) in [5.74, 6) is -0.868. The molecular weight excluding hydrogens is 973 g/mol. The van der Waals surface area contributed by atoms with E-state index >= 15 is 0 Å². The van der Waals surface area contributed by atoms with Gasteiger partial charge in [-0.15, -0.1) is 0 Å². The Balaban J connectivity index is 4.22. The Hall–Kier alpha value is -3.41. The first kappa shape index (κ1) is 75.6. The van der Waals surface area contributed by atoms with Crippen LogP contribution in [-0.4, -0.2) is 37.2 Å². The van der Waals surface area contributed by atoms with Crippen LogP contribution < -0.4 is 0 Å². The molecule has 0 aromatic carbocycles. The van der Waals surface area contributed by atoms with E-state index in [9.17, 15) is 14.4 Å². The largest absolute Gasteiger partial charge is 0.462 e. The first-order valence-electron chi connectivity index (χ1n) is 34.1. The fraction of sp³-hybridized carbons (Fsp3) is 0.767. The molecule has 0 fully saturated rings. The van der Waals surface area contributed by atoms with Gasteiger partial charge >= 0.3 is 17.9 Å². The van der Waals surface area contributed by atoms with E-state index in [0.29, 0.717) is 19.3 Å². The van der Waals surface area contributed by atoms with Gasteiger partial charge in [0.15, 0.2) is 6.10 Å². The predicted octanol–water partition coefficient (Wildman–Crippen LogP) is 23.4. The predicted molar refractivity (Wildman–Crippen MR) is 344 cm³/mol. The number of carbonyl (C=O) groups excluding carboxylic acids is 3. The van der Waals surface area contributed by atoms with Crippen molar-refractivity contribution >= 4 is 17.9 Å². The molecule has 0 radical (unpaired) electrons. The summed E-state index contributed by atoms with van der Waals surface area (Å²) < 4.78 is 16.9. The van der Waals surface area contributed by atoms with E-state index < -0.39 is 6.10 Å². The normalized spacial score (nSPS) is 12.6. The number of rotatable bonds is 62. The summed E-state index contributed by atoms with van der Waals surface area (Å²) in [5.41, 5.74) is 0. The van der Waals surface area contributed by atoms with Crippen LogP contribution in [0, 0.1) is 0 Å². The lowest BCUT2D eigenvalue weighted by molar-refractivity contribution is -0.167. The Kier molecular flexibility index (Phi) is 64.2. The molecule has 0 aromatic rings. The van der Waals surface area contributed by atoms with Crippen LogP contribution in [-0.2, 0) is 28.6 Å². The first-order chi connectivity index (χ1) is 39.0. The Morgan fingerprint density at radius 2 is 0.494 bits per heavy atom. The summed E-state index contributed by atoms with van der Waals surface area (Å²) in [7, 11) is 0. The van der Waals surface area contributed by atoms with Gasteiger partial charge in [0.25, 0.3) is 0 Å². The number of carbonyl (C=O) groups is 3. The minimum atomic E-state index is -0.778. The van der Waals surface area contributed by atoms with Gasteiger partial charge in [-0.1, -0.05) is 311 Å². The van der Waals surface area contributed by atoms with Crippen molar-refractivity contribution in [2.45, 2.75) is 348 Å². The molecule has 0 saturated heterocycles. The Bertz CT molecular complexity index is 1500. The van der Waals surface area contributed by atoms with Crippen molar-refractivity contribution in [1.29, 1.82) is 0 Å². The summed E-state index contributed by atoms with van der Waals surface area (Å²) in [6.07, 6.45) is 88.9. The minimum Gasteiger partial charge on any atom is -0.462 e. The number of unbranched alkanes of at least 4 members (excludes halogenated alkanes) is 37. The van der Waals surface area contributed by atoms with Crippen molar-refractivity contribution in [2.24, 2.45) is 0 Å². The average molecular weight is 1100 g/mol. The van der Waals surface area contributed by atoms with Gasteiger partial charge in [-0.25, -0.2) is 0 Å². The second kappa shape index (κ2) is 67.1. The Labute approximate surface area is 490 Å². The molecule has 0 aliphatic rings. The van der Waals surface area contributed by atoms with Crippen LogP contribution in [0.5, 0.6) is 0 Å². The van der Waals surface area contributed by atoms with E-state index in [1.807, 2.05) is 0 Å². The molecule has 6 heteroatoms. The van der Waals surface area contributed by atoms with Gasteiger partial charge in [-0.3, -0.25) is 14.4 Å². The zero-order valence-corrected chi connectivity index (χ0v) is 52.4. The molecule has 79 heavy (non-hydrogen) atoms. The molecule has 0 spiro atoms. The summed E-state index contributed by atoms with van der Waals surface area (Å²) in [6, 6.07) is 0. The lowest BCUT2D eigenvalue weighted by Crippen LogP contribution is -2.30. The molecule has 1 unspecified atom stereocenters. The van der Waals surface area contributed by atoms with Gasteiger partial charge in [-0.05, 0) is 96.3 Å². The number of hydrogen-bond acceptors (Lipinski definition) is 6. The smallest absolute Gasteiger partial charge is 0.306 e. The second-order valence-corrected chi connectivity index (χ2v) is 22.7. The van der Waals surface area contributed by atoms with Crippen molar-refractivity contribution in [2.75, 3.05) is 13.2 Å². The third-order valence-corrected chi connectivity index (χ3v) is 14.9. The van der Waals surface area contributed by atoms with Crippen LogP contribution >= 0.6 is 0 Å². The lowest BCUT2D eigenvalue weighted by atomic mass is 10.0. The zero-order valence-electron chi connectivity index (χ0n) is 52.4. The molecular formula is C73H128O6. The highest BCUT2D eigenvalue weighted by Gasteiger charge is 2.19. The molecule has 456 valence electrons. The maximum atomic E-state index is 12.9. The highest BCUT2D eigenvalue weighted by atomic mass is 16.6. The zero-order chi connectivity index (χ0) is 57.1.